The van der Waals surface area contributed by atoms with Crippen molar-refractivity contribution in [3.8, 4) is 11.5 Å². The Morgan fingerprint density at radius 1 is 1.03 bits per heavy atom. The molecule has 0 saturated carbocycles. The Kier molecular flexibility index (Phi) is 7.10. The van der Waals surface area contributed by atoms with E-state index in [-0.39, 0.29) is 5.91 Å². The smallest absolute Gasteiger partial charge is 0.277 e. The summed E-state index contributed by atoms with van der Waals surface area (Å²) in [5, 5.41) is 0. The first-order valence-electron chi connectivity index (χ1n) is 11.5. The van der Waals surface area contributed by atoms with Crippen LogP contribution >= 0.6 is 0 Å². The SMILES string of the molecule is CCOc1ccc(CN(C)C(=O)C[NH+]2CC[NH+](Cc3ccc4c(c3)CCO4)CC2)cc1. The fourth-order valence-corrected chi connectivity index (χ4v) is 4.52. The molecule has 0 atom stereocenters. The molecule has 31 heavy (non-hydrogen) atoms. The monoisotopic (exact) mass is 425 g/mol. The van der Waals surface area contributed by atoms with Crippen molar-refractivity contribution in [2.75, 3.05) is 53.0 Å². The molecule has 166 valence electrons. The highest BCUT2D eigenvalue weighted by molar-refractivity contribution is 5.76. The molecule has 4 rings (SSSR count). The number of piperazine rings is 1. The van der Waals surface area contributed by atoms with Crippen molar-refractivity contribution in [1.82, 2.24) is 4.90 Å². The number of likely N-dealkylation sites (N-methyl/N-ethyl adjacent to an activating group) is 1. The van der Waals surface area contributed by atoms with Crippen LogP contribution in [0.4, 0.5) is 0 Å². The van der Waals surface area contributed by atoms with E-state index in [0.717, 1.165) is 62.8 Å². The summed E-state index contributed by atoms with van der Waals surface area (Å²) >= 11 is 0. The van der Waals surface area contributed by atoms with E-state index in [1.54, 1.807) is 4.90 Å². The lowest BCUT2D eigenvalue weighted by atomic mass is 10.1. The fourth-order valence-electron chi connectivity index (χ4n) is 4.52. The number of ether oxygens (including phenoxy) is 2. The highest BCUT2D eigenvalue weighted by Crippen LogP contribution is 2.25. The lowest BCUT2D eigenvalue weighted by Crippen LogP contribution is -3.28. The third kappa shape index (κ3) is 5.77. The Morgan fingerprint density at radius 3 is 2.48 bits per heavy atom. The van der Waals surface area contributed by atoms with Crippen LogP contribution in [0.25, 0.3) is 0 Å². The van der Waals surface area contributed by atoms with Gasteiger partial charge in [0.1, 0.15) is 44.2 Å². The number of carbonyl (C=O) groups excluding carboxylic acids is 1. The Balaban J connectivity index is 1.20. The second-order valence-corrected chi connectivity index (χ2v) is 8.72. The summed E-state index contributed by atoms with van der Waals surface area (Å²) in [6, 6.07) is 14.7. The van der Waals surface area contributed by atoms with Crippen LogP contribution in [0.1, 0.15) is 23.6 Å². The molecule has 6 heteroatoms. The van der Waals surface area contributed by atoms with Gasteiger partial charge < -0.3 is 24.2 Å². The second kappa shape index (κ2) is 10.2. The molecule has 1 fully saturated rings. The second-order valence-electron chi connectivity index (χ2n) is 8.72. The molecule has 0 unspecified atom stereocenters. The van der Waals surface area contributed by atoms with Gasteiger partial charge in [0, 0.05) is 25.6 Å². The maximum absolute atomic E-state index is 12.7. The van der Waals surface area contributed by atoms with Gasteiger partial charge in [-0.1, -0.05) is 12.1 Å². The average Bonchev–Trinajstić information content (AvgIpc) is 3.24. The number of benzene rings is 2. The molecule has 2 heterocycles. The molecular formula is C25H35N3O3+2. The lowest BCUT2D eigenvalue weighted by molar-refractivity contribution is -1.02. The first-order valence-corrected chi connectivity index (χ1v) is 11.5. The van der Waals surface area contributed by atoms with E-state index in [0.29, 0.717) is 19.7 Å². The Labute approximate surface area is 185 Å². The van der Waals surface area contributed by atoms with E-state index in [4.69, 9.17) is 9.47 Å². The molecule has 2 N–H and O–H groups in total. The summed E-state index contributed by atoms with van der Waals surface area (Å²) in [4.78, 5) is 17.6. The normalized spacial score (nSPS) is 20.1. The van der Waals surface area contributed by atoms with E-state index >= 15 is 0 Å². The molecular weight excluding hydrogens is 390 g/mol. The van der Waals surface area contributed by atoms with Crippen molar-refractivity contribution in [3.63, 3.8) is 0 Å². The highest BCUT2D eigenvalue weighted by Gasteiger charge is 2.26. The van der Waals surface area contributed by atoms with Crippen molar-refractivity contribution in [2.24, 2.45) is 0 Å². The Bertz CT molecular complexity index is 876. The van der Waals surface area contributed by atoms with Gasteiger partial charge in [-0.25, -0.2) is 0 Å². The van der Waals surface area contributed by atoms with E-state index < -0.39 is 0 Å². The zero-order valence-electron chi connectivity index (χ0n) is 18.8. The van der Waals surface area contributed by atoms with E-state index in [1.165, 1.54) is 16.0 Å². The molecule has 1 saturated heterocycles. The van der Waals surface area contributed by atoms with Crippen LogP contribution in [-0.4, -0.2) is 63.8 Å². The van der Waals surface area contributed by atoms with Crippen LogP contribution < -0.4 is 19.3 Å². The van der Waals surface area contributed by atoms with Gasteiger partial charge in [0.25, 0.3) is 5.91 Å². The molecule has 6 nitrogen and oxygen atoms in total. The molecule has 0 radical (unpaired) electrons. The molecule has 0 aliphatic carbocycles. The van der Waals surface area contributed by atoms with Gasteiger partial charge in [-0.15, -0.1) is 0 Å². The summed E-state index contributed by atoms with van der Waals surface area (Å²) in [5.41, 5.74) is 3.87. The number of carbonyl (C=O) groups is 1. The average molecular weight is 426 g/mol. The highest BCUT2D eigenvalue weighted by atomic mass is 16.5. The summed E-state index contributed by atoms with van der Waals surface area (Å²) in [6.07, 6.45) is 1.03. The first-order chi connectivity index (χ1) is 15.1. The maximum Gasteiger partial charge on any atom is 0.277 e. The molecule has 0 spiro atoms. The topological polar surface area (TPSA) is 47.6 Å². The first kappa shape index (κ1) is 21.7. The molecule has 1 amide bonds. The quantitative estimate of drug-likeness (QED) is 0.624. The van der Waals surface area contributed by atoms with Crippen molar-refractivity contribution in [2.45, 2.75) is 26.4 Å². The van der Waals surface area contributed by atoms with Crippen LogP contribution in [0, 0.1) is 0 Å². The number of rotatable bonds is 8. The van der Waals surface area contributed by atoms with Gasteiger partial charge in [-0.05, 0) is 48.4 Å². The van der Waals surface area contributed by atoms with Crippen molar-refractivity contribution >= 4 is 5.91 Å². The van der Waals surface area contributed by atoms with Gasteiger partial charge >= 0.3 is 0 Å². The van der Waals surface area contributed by atoms with Gasteiger partial charge in [0.05, 0.1) is 13.2 Å². The minimum absolute atomic E-state index is 0.214. The van der Waals surface area contributed by atoms with Gasteiger partial charge in [-0.3, -0.25) is 4.79 Å². The summed E-state index contributed by atoms with van der Waals surface area (Å²) in [5.74, 6) is 2.14. The number of nitrogens with one attached hydrogen (secondary N) is 2. The van der Waals surface area contributed by atoms with Gasteiger partial charge in [-0.2, -0.15) is 0 Å². The van der Waals surface area contributed by atoms with Crippen LogP contribution in [0.5, 0.6) is 11.5 Å². The van der Waals surface area contributed by atoms with Crippen LogP contribution in [0.3, 0.4) is 0 Å². The molecule has 0 aromatic heterocycles. The number of fused-ring (bicyclic) bond motifs is 1. The van der Waals surface area contributed by atoms with E-state index in [2.05, 4.69) is 18.2 Å². The predicted octanol–water partition coefficient (Wildman–Crippen LogP) is -0.0378. The Hall–Kier alpha value is -2.57. The standard InChI is InChI=1S/C25H33N3O3/c1-3-30-23-7-4-20(5-8-23)17-26(2)25(29)19-28-13-11-27(12-14-28)18-21-6-9-24-22(16-21)10-15-31-24/h4-9,16H,3,10-15,17-19H2,1-2H3/p+2. The van der Waals surface area contributed by atoms with Crippen molar-refractivity contribution in [3.05, 3.63) is 59.2 Å². The maximum atomic E-state index is 12.7. The minimum Gasteiger partial charge on any atom is -0.494 e. The molecule has 2 aromatic rings. The molecule has 2 aromatic carbocycles. The van der Waals surface area contributed by atoms with Gasteiger partial charge in [0.15, 0.2) is 6.54 Å². The fraction of sp³-hybridized carbons (Fsp3) is 0.480. The molecule has 2 aliphatic heterocycles. The van der Waals surface area contributed by atoms with Gasteiger partial charge in [0.2, 0.25) is 0 Å². The summed E-state index contributed by atoms with van der Waals surface area (Å²) in [7, 11) is 1.90. The summed E-state index contributed by atoms with van der Waals surface area (Å²) in [6.45, 7) is 10.1. The van der Waals surface area contributed by atoms with Crippen LogP contribution in [0.2, 0.25) is 0 Å². The van der Waals surface area contributed by atoms with Crippen LogP contribution in [-0.2, 0) is 24.3 Å². The minimum atomic E-state index is 0.214. The third-order valence-corrected chi connectivity index (χ3v) is 6.35. The van der Waals surface area contributed by atoms with Crippen molar-refractivity contribution < 1.29 is 24.1 Å². The molecule has 0 bridgehead atoms. The number of hydrogen-bond acceptors (Lipinski definition) is 3. The number of quaternary nitrogens is 2. The Morgan fingerprint density at radius 2 is 1.74 bits per heavy atom. The number of hydrogen-bond donors (Lipinski definition) is 2. The largest absolute Gasteiger partial charge is 0.494 e. The van der Waals surface area contributed by atoms with E-state index in [1.807, 2.05) is 43.1 Å². The molecule has 2 aliphatic rings. The van der Waals surface area contributed by atoms with Crippen molar-refractivity contribution in [1.29, 1.82) is 0 Å². The number of amides is 1. The zero-order valence-corrected chi connectivity index (χ0v) is 18.8. The predicted molar refractivity (Wildman–Crippen MR) is 120 cm³/mol. The zero-order chi connectivity index (χ0) is 21.6. The van der Waals surface area contributed by atoms with E-state index in [9.17, 15) is 4.79 Å². The van der Waals surface area contributed by atoms with Crippen LogP contribution in [0.15, 0.2) is 42.5 Å². The number of nitrogens with zero attached hydrogens (tertiary/aromatic N) is 1. The summed E-state index contributed by atoms with van der Waals surface area (Å²) < 4.78 is 11.1. The third-order valence-electron chi connectivity index (χ3n) is 6.35. The lowest BCUT2D eigenvalue weighted by Gasteiger charge is -2.30.